The van der Waals surface area contributed by atoms with E-state index in [-0.39, 0.29) is 10.9 Å². The number of H-pyrrole nitrogens is 1. The second-order valence-corrected chi connectivity index (χ2v) is 6.90. The fraction of sp³-hybridized carbons (Fsp3) is 0.200. The zero-order valence-corrected chi connectivity index (χ0v) is 13.5. The molecule has 3 aromatic rings. The molecule has 0 bridgehead atoms. The van der Waals surface area contributed by atoms with Gasteiger partial charge < -0.3 is 15.6 Å². The monoisotopic (exact) mass is 350 g/mol. The quantitative estimate of drug-likeness (QED) is 0.707. The molecule has 2 aromatic heterocycles. The summed E-state index contributed by atoms with van der Waals surface area (Å²) in [5, 5.41) is 1.06. The Morgan fingerprint density at radius 1 is 1.48 bits per heavy atom. The third-order valence-electron chi connectivity index (χ3n) is 3.96. The van der Waals surface area contributed by atoms with Crippen molar-refractivity contribution in [3.05, 3.63) is 45.3 Å². The van der Waals surface area contributed by atoms with Crippen molar-refractivity contribution in [2.45, 2.75) is 13.0 Å². The summed E-state index contributed by atoms with van der Waals surface area (Å²) >= 11 is 7.37. The van der Waals surface area contributed by atoms with Crippen molar-refractivity contribution in [3.8, 4) is 0 Å². The van der Waals surface area contributed by atoms with Crippen LogP contribution in [-0.2, 0) is 13.0 Å². The molecule has 0 saturated carbocycles. The van der Waals surface area contributed by atoms with Crippen molar-refractivity contribution >= 4 is 44.9 Å². The number of carbonyl (C=O) groups is 1. The predicted molar refractivity (Wildman–Crippen MR) is 88.2 cm³/mol. The van der Waals surface area contributed by atoms with Gasteiger partial charge in [-0.15, -0.1) is 11.3 Å². The summed E-state index contributed by atoms with van der Waals surface area (Å²) in [6.45, 7) is 1.06. The van der Waals surface area contributed by atoms with Crippen LogP contribution >= 0.6 is 22.9 Å². The van der Waals surface area contributed by atoms with Gasteiger partial charge in [0.2, 0.25) is 0 Å². The molecular weight excluding hydrogens is 339 g/mol. The molecule has 3 N–H and O–H groups in total. The summed E-state index contributed by atoms with van der Waals surface area (Å²) in [4.78, 5) is 22.7. The van der Waals surface area contributed by atoms with Crippen LogP contribution in [-0.4, -0.2) is 27.3 Å². The standard InChI is InChI=1S/C15H12ClFN4OS/c16-13-7-5-11(19-9(7)2-1-8(13)17)14(22)21-4-3-10-12(6-21)23-15(18)20-10/h1-2,5,19H,3-4,6H2,(H2,18,20). The minimum atomic E-state index is -0.500. The number of nitrogens with one attached hydrogen (secondary N) is 1. The highest BCUT2D eigenvalue weighted by Gasteiger charge is 2.25. The van der Waals surface area contributed by atoms with Gasteiger partial charge in [-0.3, -0.25) is 4.79 Å². The average molecular weight is 351 g/mol. The number of rotatable bonds is 1. The molecule has 1 aliphatic heterocycles. The Kier molecular flexibility index (Phi) is 3.28. The Balaban J connectivity index is 1.66. The van der Waals surface area contributed by atoms with E-state index < -0.39 is 5.82 Å². The van der Waals surface area contributed by atoms with Crippen molar-refractivity contribution in [3.63, 3.8) is 0 Å². The molecule has 1 aliphatic rings. The second kappa shape index (κ2) is 5.21. The fourth-order valence-corrected chi connectivity index (χ4v) is 3.93. The smallest absolute Gasteiger partial charge is 0.270 e. The van der Waals surface area contributed by atoms with Gasteiger partial charge in [-0.25, -0.2) is 9.37 Å². The summed E-state index contributed by atoms with van der Waals surface area (Å²) in [7, 11) is 0. The molecule has 5 nitrogen and oxygen atoms in total. The number of anilines is 1. The maximum absolute atomic E-state index is 13.5. The molecule has 8 heteroatoms. The van der Waals surface area contributed by atoms with Crippen LogP contribution in [0.3, 0.4) is 0 Å². The van der Waals surface area contributed by atoms with Gasteiger partial charge in [-0.2, -0.15) is 0 Å². The number of aromatic amines is 1. The van der Waals surface area contributed by atoms with E-state index >= 15 is 0 Å². The normalized spacial score (nSPS) is 14.3. The summed E-state index contributed by atoms with van der Waals surface area (Å²) in [5.41, 5.74) is 7.73. The predicted octanol–water partition coefficient (Wildman–Crippen LogP) is 3.20. The number of nitrogens with zero attached hydrogens (tertiary/aromatic N) is 2. The van der Waals surface area contributed by atoms with Crippen molar-refractivity contribution < 1.29 is 9.18 Å². The van der Waals surface area contributed by atoms with Crippen LogP contribution in [0.15, 0.2) is 18.2 Å². The number of carbonyl (C=O) groups excluding carboxylic acids is 1. The van der Waals surface area contributed by atoms with Gasteiger partial charge in [0, 0.05) is 28.7 Å². The number of benzene rings is 1. The van der Waals surface area contributed by atoms with Crippen molar-refractivity contribution in [1.82, 2.24) is 14.9 Å². The lowest BCUT2D eigenvalue weighted by Gasteiger charge is -2.25. The summed E-state index contributed by atoms with van der Waals surface area (Å²) < 4.78 is 13.5. The highest BCUT2D eigenvalue weighted by atomic mass is 35.5. The molecular formula is C15H12ClFN4OS. The first-order chi connectivity index (χ1) is 11.0. The molecule has 4 rings (SSSR count). The molecule has 0 radical (unpaired) electrons. The van der Waals surface area contributed by atoms with Crippen LogP contribution in [0.4, 0.5) is 9.52 Å². The Morgan fingerprint density at radius 3 is 3.13 bits per heavy atom. The number of thiazole rings is 1. The molecule has 0 unspecified atom stereocenters. The van der Waals surface area contributed by atoms with Crippen molar-refractivity contribution in [1.29, 1.82) is 0 Å². The van der Waals surface area contributed by atoms with Crippen LogP contribution in [0.5, 0.6) is 0 Å². The lowest BCUT2D eigenvalue weighted by Crippen LogP contribution is -2.35. The SMILES string of the molecule is Nc1nc2c(s1)CN(C(=O)c1cc3c(Cl)c(F)ccc3[nH]1)CC2. The van der Waals surface area contributed by atoms with Crippen molar-refractivity contribution in [2.24, 2.45) is 0 Å². The van der Waals surface area contributed by atoms with E-state index in [1.165, 1.54) is 17.4 Å². The first kappa shape index (κ1) is 14.5. The maximum atomic E-state index is 13.5. The number of nitrogen functional groups attached to an aromatic ring is 1. The van der Waals surface area contributed by atoms with E-state index in [0.717, 1.165) is 10.6 Å². The number of amides is 1. The lowest BCUT2D eigenvalue weighted by atomic mass is 10.1. The maximum Gasteiger partial charge on any atom is 0.270 e. The van der Waals surface area contributed by atoms with E-state index in [1.54, 1.807) is 17.0 Å². The zero-order valence-electron chi connectivity index (χ0n) is 11.9. The van der Waals surface area contributed by atoms with Crippen LogP contribution in [0.25, 0.3) is 10.9 Å². The molecule has 0 saturated heterocycles. The summed E-state index contributed by atoms with van der Waals surface area (Å²) in [6, 6.07) is 4.45. The number of halogens is 2. The first-order valence-corrected chi connectivity index (χ1v) is 8.22. The molecule has 0 aliphatic carbocycles. The molecule has 1 aromatic carbocycles. The first-order valence-electron chi connectivity index (χ1n) is 7.03. The largest absolute Gasteiger partial charge is 0.375 e. The van der Waals surface area contributed by atoms with Gasteiger partial charge in [-0.1, -0.05) is 11.6 Å². The third kappa shape index (κ3) is 2.36. The topological polar surface area (TPSA) is 75.0 Å². The van der Waals surface area contributed by atoms with Gasteiger partial charge in [-0.05, 0) is 18.2 Å². The molecule has 118 valence electrons. The van der Waals surface area contributed by atoms with E-state index in [0.29, 0.717) is 41.2 Å². The Morgan fingerprint density at radius 2 is 2.30 bits per heavy atom. The minimum absolute atomic E-state index is 0.0222. The minimum Gasteiger partial charge on any atom is -0.375 e. The molecule has 23 heavy (non-hydrogen) atoms. The number of aromatic nitrogens is 2. The average Bonchev–Trinajstić information content (AvgIpc) is 3.12. The number of hydrogen-bond donors (Lipinski definition) is 2. The van der Waals surface area contributed by atoms with Crippen molar-refractivity contribution in [2.75, 3.05) is 12.3 Å². The number of hydrogen-bond acceptors (Lipinski definition) is 4. The Hall–Kier alpha value is -2.12. The second-order valence-electron chi connectivity index (χ2n) is 5.40. The Labute approximate surface area is 139 Å². The summed E-state index contributed by atoms with van der Waals surface area (Å²) in [6.07, 6.45) is 0.685. The molecule has 1 amide bonds. The fourth-order valence-electron chi connectivity index (χ4n) is 2.82. The number of fused-ring (bicyclic) bond motifs is 2. The van der Waals surface area contributed by atoms with Gasteiger partial charge in [0.15, 0.2) is 5.13 Å². The molecule has 0 atom stereocenters. The van der Waals surface area contributed by atoms with E-state index in [1.807, 2.05) is 0 Å². The lowest BCUT2D eigenvalue weighted by molar-refractivity contribution is 0.0731. The number of nitrogens with two attached hydrogens (primary N) is 1. The van der Waals surface area contributed by atoms with Crippen LogP contribution in [0.2, 0.25) is 5.02 Å². The van der Waals surface area contributed by atoms with Gasteiger partial charge in [0.1, 0.15) is 11.5 Å². The highest BCUT2D eigenvalue weighted by molar-refractivity contribution is 7.15. The van der Waals surface area contributed by atoms with Crippen LogP contribution in [0.1, 0.15) is 21.1 Å². The molecule has 3 heterocycles. The molecule has 0 spiro atoms. The van der Waals surface area contributed by atoms with Gasteiger partial charge in [0.25, 0.3) is 5.91 Å². The van der Waals surface area contributed by atoms with E-state index in [9.17, 15) is 9.18 Å². The van der Waals surface area contributed by atoms with Crippen LogP contribution < -0.4 is 5.73 Å². The van der Waals surface area contributed by atoms with Gasteiger partial charge in [0.05, 0.1) is 17.3 Å². The van der Waals surface area contributed by atoms with Crippen LogP contribution in [0, 0.1) is 5.82 Å². The van der Waals surface area contributed by atoms with E-state index in [2.05, 4.69) is 9.97 Å². The van der Waals surface area contributed by atoms with E-state index in [4.69, 9.17) is 17.3 Å². The zero-order chi connectivity index (χ0) is 16.1. The molecule has 0 fully saturated rings. The Bertz CT molecular complexity index is 935. The van der Waals surface area contributed by atoms with Gasteiger partial charge >= 0.3 is 0 Å². The summed E-state index contributed by atoms with van der Waals surface area (Å²) in [5.74, 6) is -0.643. The third-order valence-corrected chi connectivity index (χ3v) is 5.25. The highest BCUT2D eigenvalue weighted by Crippen LogP contribution is 2.30.